The first kappa shape index (κ1) is 17.4. The SMILES string of the molecule is CC(C)(C(O)C(CN)c1cccc(Cl)c1F)S(C)(=O)=O. The number of aliphatic hydroxyl groups is 1. The van der Waals surface area contributed by atoms with E-state index in [4.69, 9.17) is 17.3 Å². The van der Waals surface area contributed by atoms with Crippen molar-refractivity contribution < 1.29 is 17.9 Å². The molecule has 0 heterocycles. The van der Waals surface area contributed by atoms with Crippen molar-refractivity contribution in [3.05, 3.63) is 34.6 Å². The molecule has 2 atom stereocenters. The molecule has 1 aromatic rings. The van der Waals surface area contributed by atoms with Gasteiger partial charge in [0.25, 0.3) is 0 Å². The maximum atomic E-state index is 14.0. The molecule has 4 nitrogen and oxygen atoms in total. The first-order valence-electron chi connectivity index (χ1n) is 6.05. The number of halogens is 2. The van der Waals surface area contributed by atoms with Gasteiger partial charge in [0.1, 0.15) is 5.82 Å². The summed E-state index contributed by atoms with van der Waals surface area (Å²) in [6, 6.07) is 4.35. The predicted molar refractivity (Wildman–Crippen MR) is 78.1 cm³/mol. The lowest BCUT2D eigenvalue weighted by molar-refractivity contribution is 0.109. The zero-order valence-corrected chi connectivity index (χ0v) is 13.2. The van der Waals surface area contributed by atoms with Crippen LogP contribution in [0, 0.1) is 5.82 Å². The van der Waals surface area contributed by atoms with Gasteiger partial charge in [0.2, 0.25) is 0 Å². The van der Waals surface area contributed by atoms with Crippen molar-refractivity contribution in [2.45, 2.75) is 30.6 Å². The Hall–Kier alpha value is -0.690. The normalized spacial score (nSPS) is 15.9. The van der Waals surface area contributed by atoms with E-state index in [0.717, 1.165) is 6.26 Å². The van der Waals surface area contributed by atoms with Gasteiger partial charge in [-0.2, -0.15) is 0 Å². The summed E-state index contributed by atoms with van der Waals surface area (Å²) in [7, 11) is -3.55. The summed E-state index contributed by atoms with van der Waals surface area (Å²) in [5, 5.41) is 10.3. The Morgan fingerprint density at radius 2 is 2.00 bits per heavy atom. The third kappa shape index (κ3) is 3.14. The van der Waals surface area contributed by atoms with Crippen molar-refractivity contribution in [3.63, 3.8) is 0 Å². The van der Waals surface area contributed by atoms with Crippen LogP contribution in [0.15, 0.2) is 18.2 Å². The molecule has 20 heavy (non-hydrogen) atoms. The van der Waals surface area contributed by atoms with E-state index in [1.807, 2.05) is 0 Å². The van der Waals surface area contributed by atoms with E-state index in [2.05, 4.69) is 0 Å². The molecule has 1 aromatic carbocycles. The van der Waals surface area contributed by atoms with Crippen LogP contribution in [0.2, 0.25) is 5.02 Å². The molecular weight excluding hydrogens is 305 g/mol. The summed E-state index contributed by atoms with van der Waals surface area (Å²) >= 11 is 5.71. The van der Waals surface area contributed by atoms with E-state index in [-0.39, 0.29) is 17.1 Å². The Labute approximate surface area is 123 Å². The van der Waals surface area contributed by atoms with E-state index >= 15 is 0 Å². The van der Waals surface area contributed by atoms with Crippen molar-refractivity contribution in [2.24, 2.45) is 5.73 Å². The molecule has 0 saturated carbocycles. The van der Waals surface area contributed by atoms with Gasteiger partial charge in [0.05, 0.1) is 15.9 Å². The second-order valence-corrected chi connectivity index (χ2v) is 8.31. The van der Waals surface area contributed by atoms with Gasteiger partial charge in [-0.3, -0.25) is 0 Å². The van der Waals surface area contributed by atoms with Gasteiger partial charge in [-0.15, -0.1) is 0 Å². The highest BCUT2D eigenvalue weighted by Gasteiger charge is 2.43. The molecule has 0 aliphatic rings. The van der Waals surface area contributed by atoms with Crippen molar-refractivity contribution in [3.8, 4) is 0 Å². The highest BCUT2D eigenvalue weighted by atomic mass is 35.5. The zero-order chi connectivity index (χ0) is 15.7. The Morgan fingerprint density at radius 1 is 1.45 bits per heavy atom. The van der Waals surface area contributed by atoms with Gasteiger partial charge >= 0.3 is 0 Å². The van der Waals surface area contributed by atoms with Crippen molar-refractivity contribution in [2.75, 3.05) is 12.8 Å². The second kappa shape index (κ2) is 5.97. The van der Waals surface area contributed by atoms with Gasteiger partial charge in [-0.25, -0.2) is 12.8 Å². The van der Waals surface area contributed by atoms with Crippen LogP contribution in [-0.4, -0.2) is 37.2 Å². The molecule has 0 radical (unpaired) electrons. The van der Waals surface area contributed by atoms with Crippen LogP contribution in [0.1, 0.15) is 25.3 Å². The van der Waals surface area contributed by atoms with E-state index in [0.29, 0.717) is 0 Å². The van der Waals surface area contributed by atoms with Gasteiger partial charge in [-0.05, 0) is 25.5 Å². The molecule has 0 bridgehead atoms. The fourth-order valence-electron chi connectivity index (χ4n) is 1.94. The van der Waals surface area contributed by atoms with Crippen LogP contribution >= 0.6 is 11.6 Å². The summed E-state index contributed by atoms with van der Waals surface area (Å²) in [6.07, 6.45) is -0.326. The Kier molecular flexibility index (Phi) is 5.18. The van der Waals surface area contributed by atoms with E-state index in [1.165, 1.54) is 32.0 Å². The molecule has 2 unspecified atom stereocenters. The Bertz CT molecular complexity index is 589. The molecule has 0 aliphatic carbocycles. The fraction of sp³-hybridized carbons (Fsp3) is 0.538. The summed E-state index contributed by atoms with van der Waals surface area (Å²) in [5.74, 6) is -1.55. The molecule has 0 saturated heterocycles. The van der Waals surface area contributed by atoms with Gasteiger partial charge in [0.15, 0.2) is 9.84 Å². The molecule has 0 aliphatic heterocycles. The quantitative estimate of drug-likeness (QED) is 0.864. The number of hydrogen-bond donors (Lipinski definition) is 2. The number of nitrogens with two attached hydrogens (primary N) is 1. The standard InChI is InChI=1S/C13H19ClFNO3S/c1-13(2,20(3,18)19)12(17)9(7-16)8-5-4-6-10(14)11(8)15/h4-6,9,12,17H,7,16H2,1-3H3. The third-order valence-corrected chi connectivity index (χ3v) is 6.13. The van der Waals surface area contributed by atoms with Crippen LogP contribution in [0.4, 0.5) is 4.39 Å². The van der Waals surface area contributed by atoms with Crippen molar-refractivity contribution in [1.82, 2.24) is 0 Å². The lowest BCUT2D eigenvalue weighted by Gasteiger charge is -2.34. The van der Waals surface area contributed by atoms with Gasteiger partial charge in [-0.1, -0.05) is 23.7 Å². The first-order valence-corrected chi connectivity index (χ1v) is 8.32. The summed E-state index contributed by atoms with van der Waals surface area (Å²) < 4.78 is 36.1. The average Bonchev–Trinajstić information content (AvgIpc) is 2.33. The van der Waals surface area contributed by atoms with Crippen LogP contribution in [0.5, 0.6) is 0 Å². The molecule has 0 fully saturated rings. The summed E-state index contributed by atoms with van der Waals surface area (Å²) in [4.78, 5) is 0. The van der Waals surface area contributed by atoms with Crippen LogP contribution in [-0.2, 0) is 9.84 Å². The summed E-state index contributed by atoms with van der Waals surface area (Å²) in [5.41, 5.74) is 5.72. The predicted octanol–water partition coefficient (Wildman–Crippen LogP) is 1.71. The maximum absolute atomic E-state index is 14.0. The third-order valence-electron chi connectivity index (χ3n) is 3.68. The van der Waals surface area contributed by atoms with E-state index < -0.39 is 32.4 Å². The van der Waals surface area contributed by atoms with Crippen LogP contribution < -0.4 is 5.73 Å². The molecule has 3 N–H and O–H groups in total. The maximum Gasteiger partial charge on any atom is 0.155 e. The first-order chi connectivity index (χ1) is 9.04. The minimum absolute atomic E-state index is 0.0923. The molecule has 0 amide bonds. The van der Waals surface area contributed by atoms with Gasteiger partial charge in [0, 0.05) is 18.7 Å². The van der Waals surface area contributed by atoms with Gasteiger partial charge < -0.3 is 10.8 Å². The van der Waals surface area contributed by atoms with Crippen molar-refractivity contribution in [1.29, 1.82) is 0 Å². The van der Waals surface area contributed by atoms with Crippen LogP contribution in [0.3, 0.4) is 0 Å². The minimum atomic E-state index is -3.55. The molecule has 114 valence electrons. The molecule has 7 heteroatoms. The Morgan fingerprint density at radius 3 is 2.45 bits per heavy atom. The lowest BCUT2D eigenvalue weighted by Crippen LogP contribution is -2.48. The number of hydrogen-bond acceptors (Lipinski definition) is 4. The topological polar surface area (TPSA) is 80.4 Å². The minimum Gasteiger partial charge on any atom is -0.391 e. The van der Waals surface area contributed by atoms with E-state index in [1.54, 1.807) is 0 Å². The number of benzene rings is 1. The average molecular weight is 324 g/mol. The van der Waals surface area contributed by atoms with Crippen LogP contribution in [0.25, 0.3) is 0 Å². The zero-order valence-electron chi connectivity index (χ0n) is 11.6. The highest BCUT2D eigenvalue weighted by molar-refractivity contribution is 7.92. The molecule has 1 rings (SSSR count). The monoisotopic (exact) mass is 323 g/mol. The number of aliphatic hydroxyl groups excluding tert-OH is 1. The molecule has 0 spiro atoms. The summed E-state index contributed by atoms with van der Waals surface area (Å²) in [6.45, 7) is 2.67. The van der Waals surface area contributed by atoms with Crippen molar-refractivity contribution >= 4 is 21.4 Å². The number of rotatable bonds is 5. The largest absolute Gasteiger partial charge is 0.391 e. The fourth-order valence-corrected chi connectivity index (χ4v) is 2.72. The highest BCUT2D eigenvalue weighted by Crippen LogP contribution is 2.33. The molecular formula is C13H19ClFNO3S. The number of sulfone groups is 1. The van der Waals surface area contributed by atoms with E-state index in [9.17, 15) is 17.9 Å². The smallest absolute Gasteiger partial charge is 0.155 e. The lowest BCUT2D eigenvalue weighted by atomic mass is 9.86. The Balaban J connectivity index is 3.30. The molecule has 0 aromatic heterocycles. The second-order valence-electron chi connectivity index (χ2n) is 5.31.